The molecule has 0 radical (unpaired) electrons. The largest absolute Gasteiger partial charge is 0.374 e. The van der Waals surface area contributed by atoms with E-state index in [0.717, 1.165) is 57.3 Å². The second-order valence-electron chi connectivity index (χ2n) is 4.64. The van der Waals surface area contributed by atoms with Crippen LogP contribution in [0.3, 0.4) is 0 Å². The van der Waals surface area contributed by atoms with E-state index >= 15 is 0 Å². The topological polar surface area (TPSA) is 63.4 Å². The minimum atomic E-state index is 0.255. The molecule has 1 aliphatic rings. The van der Waals surface area contributed by atoms with Gasteiger partial charge in [-0.2, -0.15) is 4.98 Å². The van der Waals surface area contributed by atoms with Gasteiger partial charge in [0.1, 0.15) is 0 Å². The molecule has 1 unspecified atom stereocenters. The summed E-state index contributed by atoms with van der Waals surface area (Å²) in [6.45, 7) is 6.34. The van der Waals surface area contributed by atoms with Crippen LogP contribution in [0.15, 0.2) is 4.52 Å². The molecule has 0 amide bonds. The van der Waals surface area contributed by atoms with Crippen LogP contribution in [0, 0.1) is 0 Å². The summed E-state index contributed by atoms with van der Waals surface area (Å²) in [7, 11) is 1.94. The number of nitrogens with zero attached hydrogens (tertiary/aromatic N) is 3. The molecule has 6 nitrogen and oxygen atoms in total. The first-order valence-electron chi connectivity index (χ1n) is 6.61. The first-order valence-corrected chi connectivity index (χ1v) is 6.61. The molecule has 1 aromatic rings. The minimum Gasteiger partial charge on any atom is -0.374 e. The Morgan fingerprint density at radius 1 is 1.50 bits per heavy atom. The normalized spacial score (nSPS) is 21.3. The van der Waals surface area contributed by atoms with E-state index < -0.39 is 0 Å². The summed E-state index contributed by atoms with van der Waals surface area (Å²) in [5.74, 6) is 1.52. The van der Waals surface area contributed by atoms with E-state index in [-0.39, 0.29) is 6.10 Å². The fourth-order valence-corrected chi connectivity index (χ4v) is 2.14. The van der Waals surface area contributed by atoms with Crippen LogP contribution in [0.25, 0.3) is 0 Å². The first-order chi connectivity index (χ1) is 8.81. The van der Waals surface area contributed by atoms with Gasteiger partial charge in [0.15, 0.2) is 5.82 Å². The van der Waals surface area contributed by atoms with E-state index in [0.29, 0.717) is 0 Å². The molecule has 0 aliphatic carbocycles. The van der Waals surface area contributed by atoms with Gasteiger partial charge in [0.25, 0.3) is 0 Å². The number of hydrogen-bond acceptors (Lipinski definition) is 6. The molecule has 1 aromatic heterocycles. The van der Waals surface area contributed by atoms with Crippen LogP contribution in [0.1, 0.15) is 25.1 Å². The van der Waals surface area contributed by atoms with E-state index in [9.17, 15) is 0 Å². The van der Waals surface area contributed by atoms with Crippen LogP contribution in [0.4, 0.5) is 0 Å². The van der Waals surface area contributed by atoms with E-state index in [1.165, 1.54) is 0 Å². The monoisotopic (exact) mass is 254 g/mol. The molecular formula is C12H22N4O2. The number of likely N-dealkylation sites (N-methyl/N-ethyl adjacent to an activating group) is 1. The number of aryl methyl sites for hydroxylation is 1. The standard InChI is InChI=1S/C12H22N4O2/c1-3-4-12-14-11(15-18-12)9-16-5-6-17-10(8-16)7-13-2/h10,13H,3-9H2,1-2H3. The summed E-state index contributed by atoms with van der Waals surface area (Å²) >= 11 is 0. The van der Waals surface area contributed by atoms with Gasteiger partial charge in [0.2, 0.25) is 5.89 Å². The molecule has 0 saturated carbocycles. The van der Waals surface area contributed by atoms with Crippen LogP contribution < -0.4 is 5.32 Å². The van der Waals surface area contributed by atoms with Crippen molar-refractivity contribution < 1.29 is 9.26 Å². The maximum atomic E-state index is 5.66. The zero-order valence-corrected chi connectivity index (χ0v) is 11.2. The van der Waals surface area contributed by atoms with Gasteiger partial charge < -0.3 is 14.6 Å². The molecule has 1 aliphatic heterocycles. The van der Waals surface area contributed by atoms with Crippen LogP contribution in [0.5, 0.6) is 0 Å². The second-order valence-corrected chi connectivity index (χ2v) is 4.64. The molecule has 6 heteroatoms. The van der Waals surface area contributed by atoms with Crippen molar-refractivity contribution in [1.29, 1.82) is 0 Å². The zero-order chi connectivity index (χ0) is 12.8. The number of aromatic nitrogens is 2. The lowest BCUT2D eigenvalue weighted by Gasteiger charge is -2.31. The van der Waals surface area contributed by atoms with Crippen LogP contribution in [-0.2, 0) is 17.7 Å². The number of nitrogens with one attached hydrogen (secondary N) is 1. The summed E-state index contributed by atoms with van der Waals surface area (Å²) in [6, 6.07) is 0. The Morgan fingerprint density at radius 3 is 3.17 bits per heavy atom. The minimum absolute atomic E-state index is 0.255. The fourth-order valence-electron chi connectivity index (χ4n) is 2.14. The summed E-state index contributed by atoms with van der Waals surface area (Å²) in [5.41, 5.74) is 0. The number of ether oxygens (including phenoxy) is 1. The van der Waals surface area contributed by atoms with Gasteiger partial charge in [-0.3, -0.25) is 4.90 Å². The van der Waals surface area contributed by atoms with E-state index in [1.54, 1.807) is 0 Å². The molecule has 0 spiro atoms. The number of hydrogen-bond donors (Lipinski definition) is 1. The summed E-state index contributed by atoms with van der Waals surface area (Å²) in [6.07, 6.45) is 2.15. The lowest BCUT2D eigenvalue weighted by atomic mass is 10.2. The van der Waals surface area contributed by atoms with Crippen molar-refractivity contribution in [2.75, 3.05) is 33.3 Å². The molecule has 1 atom stereocenters. The van der Waals surface area contributed by atoms with Crippen LogP contribution in [-0.4, -0.2) is 54.4 Å². The average Bonchev–Trinajstić information content (AvgIpc) is 2.78. The van der Waals surface area contributed by atoms with Crippen molar-refractivity contribution in [2.24, 2.45) is 0 Å². The third-order valence-electron chi connectivity index (χ3n) is 2.99. The number of rotatable bonds is 6. The van der Waals surface area contributed by atoms with Gasteiger partial charge in [0, 0.05) is 26.1 Å². The SMILES string of the molecule is CCCc1nc(CN2CCOC(CNC)C2)no1. The molecule has 1 saturated heterocycles. The Kier molecular flexibility index (Phi) is 5.10. The lowest BCUT2D eigenvalue weighted by molar-refractivity contribution is -0.0300. The fraction of sp³-hybridized carbons (Fsp3) is 0.833. The van der Waals surface area contributed by atoms with Crippen LogP contribution >= 0.6 is 0 Å². The Morgan fingerprint density at radius 2 is 2.39 bits per heavy atom. The molecule has 1 fully saturated rings. The highest BCUT2D eigenvalue weighted by Gasteiger charge is 2.21. The van der Waals surface area contributed by atoms with Crippen molar-refractivity contribution in [2.45, 2.75) is 32.4 Å². The van der Waals surface area contributed by atoms with Gasteiger partial charge in [-0.25, -0.2) is 0 Å². The van der Waals surface area contributed by atoms with Crippen molar-refractivity contribution in [3.63, 3.8) is 0 Å². The predicted octanol–water partition coefficient (Wildman–Crippen LogP) is 0.442. The highest BCUT2D eigenvalue weighted by molar-refractivity contribution is 4.87. The predicted molar refractivity (Wildman–Crippen MR) is 67.2 cm³/mol. The highest BCUT2D eigenvalue weighted by atomic mass is 16.5. The molecular weight excluding hydrogens is 232 g/mol. The molecule has 2 rings (SSSR count). The summed E-state index contributed by atoms with van der Waals surface area (Å²) in [4.78, 5) is 6.70. The van der Waals surface area contributed by atoms with Gasteiger partial charge in [-0.15, -0.1) is 0 Å². The Labute approximate surface area is 108 Å². The number of morpholine rings is 1. The molecule has 18 heavy (non-hydrogen) atoms. The van der Waals surface area contributed by atoms with Crippen molar-refractivity contribution in [3.8, 4) is 0 Å². The van der Waals surface area contributed by atoms with Crippen molar-refractivity contribution >= 4 is 0 Å². The molecule has 102 valence electrons. The van der Waals surface area contributed by atoms with Crippen molar-refractivity contribution in [3.05, 3.63) is 11.7 Å². The van der Waals surface area contributed by atoms with Gasteiger partial charge >= 0.3 is 0 Å². The Balaban J connectivity index is 1.84. The third kappa shape index (κ3) is 3.76. The van der Waals surface area contributed by atoms with E-state index in [4.69, 9.17) is 9.26 Å². The Hall–Kier alpha value is -0.980. The summed E-state index contributed by atoms with van der Waals surface area (Å²) in [5, 5.41) is 7.16. The van der Waals surface area contributed by atoms with Crippen LogP contribution in [0.2, 0.25) is 0 Å². The maximum Gasteiger partial charge on any atom is 0.226 e. The molecule has 1 N–H and O–H groups in total. The van der Waals surface area contributed by atoms with Gasteiger partial charge in [-0.1, -0.05) is 12.1 Å². The van der Waals surface area contributed by atoms with E-state index in [2.05, 4.69) is 27.3 Å². The zero-order valence-electron chi connectivity index (χ0n) is 11.2. The quantitative estimate of drug-likeness (QED) is 0.795. The van der Waals surface area contributed by atoms with Crippen molar-refractivity contribution in [1.82, 2.24) is 20.4 Å². The van der Waals surface area contributed by atoms with E-state index in [1.807, 2.05) is 7.05 Å². The third-order valence-corrected chi connectivity index (χ3v) is 2.99. The second kappa shape index (κ2) is 6.82. The first kappa shape index (κ1) is 13.5. The molecule has 0 bridgehead atoms. The molecule has 0 aromatic carbocycles. The highest BCUT2D eigenvalue weighted by Crippen LogP contribution is 2.09. The Bertz CT molecular complexity index is 354. The lowest BCUT2D eigenvalue weighted by Crippen LogP contribution is -2.45. The van der Waals surface area contributed by atoms with Gasteiger partial charge in [0.05, 0.1) is 19.3 Å². The average molecular weight is 254 g/mol. The smallest absolute Gasteiger partial charge is 0.226 e. The summed E-state index contributed by atoms with van der Waals surface area (Å²) < 4.78 is 10.9. The molecule has 2 heterocycles. The van der Waals surface area contributed by atoms with Gasteiger partial charge in [-0.05, 0) is 13.5 Å². The maximum absolute atomic E-state index is 5.66.